The SMILES string of the molecule is COc1ccc(NCc2cc(Cl)c3c(c2)OCO3)cc1. The van der Waals surface area contributed by atoms with Crippen LogP contribution in [0.25, 0.3) is 0 Å². The maximum atomic E-state index is 6.15. The Bertz CT molecular complexity index is 613. The summed E-state index contributed by atoms with van der Waals surface area (Å²) in [4.78, 5) is 0. The molecule has 0 aliphatic carbocycles. The van der Waals surface area contributed by atoms with E-state index in [9.17, 15) is 0 Å². The number of hydrogen-bond acceptors (Lipinski definition) is 4. The zero-order valence-electron chi connectivity index (χ0n) is 11.0. The molecule has 0 radical (unpaired) electrons. The van der Waals surface area contributed by atoms with Gasteiger partial charge in [0.1, 0.15) is 5.75 Å². The molecule has 0 saturated carbocycles. The Kier molecular flexibility index (Phi) is 3.56. The minimum Gasteiger partial charge on any atom is -0.497 e. The van der Waals surface area contributed by atoms with Crippen molar-refractivity contribution in [3.63, 3.8) is 0 Å². The number of rotatable bonds is 4. The normalized spacial score (nSPS) is 12.3. The quantitative estimate of drug-likeness (QED) is 0.932. The maximum absolute atomic E-state index is 6.15. The molecule has 0 atom stereocenters. The number of nitrogens with one attached hydrogen (secondary N) is 1. The van der Waals surface area contributed by atoms with Crippen LogP contribution in [0.4, 0.5) is 5.69 Å². The number of fused-ring (bicyclic) bond motifs is 1. The Balaban J connectivity index is 1.70. The second-order valence-electron chi connectivity index (χ2n) is 4.39. The predicted molar refractivity (Wildman–Crippen MR) is 77.9 cm³/mol. The number of anilines is 1. The van der Waals surface area contributed by atoms with Gasteiger partial charge in [0.25, 0.3) is 0 Å². The third kappa shape index (κ3) is 2.60. The monoisotopic (exact) mass is 291 g/mol. The minimum atomic E-state index is 0.227. The summed E-state index contributed by atoms with van der Waals surface area (Å²) in [5.41, 5.74) is 2.05. The average Bonchev–Trinajstić information content (AvgIpc) is 2.94. The van der Waals surface area contributed by atoms with Gasteiger partial charge in [-0.05, 0) is 42.0 Å². The topological polar surface area (TPSA) is 39.7 Å². The predicted octanol–water partition coefficient (Wildman–Crippen LogP) is 3.69. The van der Waals surface area contributed by atoms with Gasteiger partial charge in [0.2, 0.25) is 6.79 Å². The van der Waals surface area contributed by atoms with Crippen LogP contribution in [0.1, 0.15) is 5.56 Å². The molecule has 1 aliphatic heterocycles. The standard InChI is InChI=1S/C15H14ClNO3/c1-18-12-4-2-11(3-5-12)17-8-10-6-13(16)15-14(7-10)19-9-20-15/h2-7,17H,8-9H2,1H3. The van der Waals surface area contributed by atoms with Gasteiger partial charge in [-0.3, -0.25) is 0 Å². The summed E-state index contributed by atoms with van der Waals surface area (Å²) in [6.07, 6.45) is 0. The molecule has 0 saturated heterocycles. The Morgan fingerprint density at radius 2 is 2.00 bits per heavy atom. The van der Waals surface area contributed by atoms with E-state index >= 15 is 0 Å². The highest BCUT2D eigenvalue weighted by atomic mass is 35.5. The molecular weight excluding hydrogens is 278 g/mol. The van der Waals surface area contributed by atoms with E-state index in [0.29, 0.717) is 23.1 Å². The van der Waals surface area contributed by atoms with Crippen molar-refractivity contribution in [2.24, 2.45) is 0 Å². The molecule has 104 valence electrons. The summed E-state index contributed by atoms with van der Waals surface area (Å²) in [5.74, 6) is 2.16. The van der Waals surface area contributed by atoms with Crippen LogP contribution in [-0.2, 0) is 6.54 Å². The fourth-order valence-corrected chi connectivity index (χ4v) is 2.32. The fourth-order valence-electron chi connectivity index (χ4n) is 2.04. The smallest absolute Gasteiger partial charge is 0.231 e. The molecule has 0 bridgehead atoms. The van der Waals surface area contributed by atoms with Crippen molar-refractivity contribution in [2.75, 3.05) is 19.2 Å². The van der Waals surface area contributed by atoms with E-state index in [0.717, 1.165) is 17.0 Å². The van der Waals surface area contributed by atoms with Gasteiger partial charge in [-0.15, -0.1) is 0 Å². The molecule has 1 heterocycles. The molecule has 0 amide bonds. The van der Waals surface area contributed by atoms with Gasteiger partial charge in [-0.1, -0.05) is 11.6 Å². The van der Waals surface area contributed by atoms with E-state index in [2.05, 4.69) is 5.32 Å². The molecule has 0 unspecified atom stereocenters. The van der Waals surface area contributed by atoms with Crippen molar-refractivity contribution in [2.45, 2.75) is 6.54 Å². The van der Waals surface area contributed by atoms with Gasteiger partial charge < -0.3 is 19.5 Å². The summed E-state index contributed by atoms with van der Waals surface area (Å²) in [6, 6.07) is 11.6. The zero-order valence-corrected chi connectivity index (χ0v) is 11.7. The molecule has 2 aromatic rings. The summed E-state index contributed by atoms with van der Waals surface area (Å²) in [5, 5.41) is 3.90. The molecule has 4 nitrogen and oxygen atoms in total. The molecule has 1 N–H and O–H groups in total. The first-order chi connectivity index (χ1) is 9.76. The summed E-state index contributed by atoms with van der Waals surface area (Å²) >= 11 is 6.15. The first-order valence-corrected chi connectivity index (χ1v) is 6.60. The van der Waals surface area contributed by atoms with E-state index in [4.69, 9.17) is 25.8 Å². The third-order valence-corrected chi connectivity index (χ3v) is 3.35. The molecule has 5 heteroatoms. The van der Waals surface area contributed by atoms with Crippen molar-refractivity contribution in [3.05, 3.63) is 47.0 Å². The van der Waals surface area contributed by atoms with E-state index < -0.39 is 0 Å². The van der Waals surface area contributed by atoms with Gasteiger partial charge in [0, 0.05) is 12.2 Å². The van der Waals surface area contributed by atoms with Gasteiger partial charge >= 0.3 is 0 Å². The number of methoxy groups -OCH3 is 1. The second-order valence-corrected chi connectivity index (χ2v) is 4.80. The Hall–Kier alpha value is -2.07. The Morgan fingerprint density at radius 1 is 1.20 bits per heavy atom. The number of hydrogen-bond donors (Lipinski definition) is 1. The van der Waals surface area contributed by atoms with Crippen LogP contribution in [0.5, 0.6) is 17.2 Å². The highest BCUT2D eigenvalue weighted by Gasteiger charge is 2.18. The highest BCUT2D eigenvalue weighted by molar-refractivity contribution is 6.32. The first kappa shape index (κ1) is 12.9. The van der Waals surface area contributed by atoms with Crippen LogP contribution in [0, 0.1) is 0 Å². The number of benzene rings is 2. The van der Waals surface area contributed by atoms with E-state index in [1.807, 2.05) is 36.4 Å². The van der Waals surface area contributed by atoms with E-state index in [1.165, 1.54) is 0 Å². The van der Waals surface area contributed by atoms with Crippen molar-refractivity contribution in [1.29, 1.82) is 0 Å². The molecule has 20 heavy (non-hydrogen) atoms. The number of halogens is 1. The molecule has 0 aromatic heterocycles. The van der Waals surface area contributed by atoms with E-state index in [1.54, 1.807) is 7.11 Å². The van der Waals surface area contributed by atoms with Gasteiger partial charge in [0.15, 0.2) is 11.5 Å². The van der Waals surface area contributed by atoms with Crippen molar-refractivity contribution in [1.82, 2.24) is 0 Å². The van der Waals surface area contributed by atoms with Crippen LogP contribution in [0.3, 0.4) is 0 Å². The largest absolute Gasteiger partial charge is 0.497 e. The lowest BCUT2D eigenvalue weighted by atomic mass is 10.2. The van der Waals surface area contributed by atoms with Gasteiger partial charge in [0.05, 0.1) is 12.1 Å². The van der Waals surface area contributed by atoms with E-state index in [-0.39, 0.29) is 6.79 Å². The molecular formula is C15H14ClNO3. The molecule has 0 spiro atoms. The molecule has 2 aromatic carbocycles. The first-order valence-electron chi connectivity index (χ1n) is 6.22. The maximum Gasteiger partial charge on any atom is 0.231 e. The van der Waals surface area contributed by atoms with Gasteiger partial charge in [-0.2, -0.15) is 0 Å². The van der Waals surface area contributed by atoms with Crippen LogP contribution >= 0.6 is 11.6 Å². The minimum absolute atomic E-state index is 0.227. The summed E-state index contributed by atoms with van der Waals surface area (Å²) in [7, 11) is 1.65. The van der Waals surface area contributed by atoms with Crippen LogP contribution in [0.2, 0.25) is 5.02 Å². The fraction of sp³-hybridized carbons (Fsp3) is 0.200. The lowest BCUT2D eigenvalue weighted by Crippen LogP contribution is -1.99. The molecule has 3 rings (SSSR count). The van der Waals surface area contributed by atoms with Crippen LogP contribution < -0.4 is 19.5 Å². The zero-order chi connectivity index (χ0) is 13.9. The van der Waals surface area contributed by atoms with Crippen LogP contribution in [-0.4, -0.2) is 13.9 Å². The lowest BCUT2D eigenvalue weighted by molar-refractivity contribution is 0.174. The summed E-state index contributed by atoms with van der Waals surface area (Å²) in [6.45, 7) is 0.882. The van der Waals surface area contributed by atoms with Gasteiger partial charge in [-0.25, -0.2) is 0 Å². The Morgan fingerprint density at radius 3 is 2.75 bits per heavy atom. The molecule has 0 fully saturated rings. The Labute approximate surface area is 122 Å². The highest BCUT2D eigenvalue weighted by Crippen LogP contribution is 2.39. The third-order valence-electron chi connectivity index (χ3n) is 3.07. The number of ether oxygens (including phenoxy) is 3. The molecule has 1 aliphatic rings. The van der Waals surface area contributed by atoms with Crippen LogP contribution in [0.15, 0.2) is 36.4 Å². The summed E-state index contributed by atoms with van der Waals surface area (Å²) < 4.78 is 15.8. The van der Waals surface area contributed by atoms with Crippen molar-refractivity contribution in [3.8, 4) is 17.2 Å². The second kappa shape index (κ2) is 5.51. The average molecular weight is 292 g/mol. The van der Waals surface area contributed by atoms with Crippen molar-refractivity contribution < 1.29 is 14.2 Å². The lowest BCUT2D eigenvalue weighted by Gasteiger charge is -2.09. The van der Waals surface area contributed by atoms with Crippen molar-refractivity contribution >= 4 is 17.3 Å².